The molecule has 2 aromatic heterocycles. The highest BCUT2D eigenvalue weighted by molar-refractivity contribution is 7.91. The van der Waals surface area contributed by atoms with Gasteiger partial charge in [-0.1, -0.05) is 6.92 Å². The predicted molar refractivity (Wildman–Crippen MR) is 119 cm³/mol. The molecule has 4 heterocycles. The fourth-order valence-electron chi connectivity index (χ4n) is 4.40. The molecule has 30 heavy (non-hydrogen) atoms. The van der Waals surface area contributed by atoms with Crippen LogP contribution < -0.4 is 4.90 Å². The maximum atomic E-state index is 13.0. The summed E-state index contributed by atoms with van der Waals surface area (Å²) in [7, 11) is -6.45. The lowest BCUT2D eigenvalue weighted by Crippen LogP contribution is -2.48. The Morgan fingerprint density at radius 2 is 1.87 bits per heavy atom. The fraction of sp³-hybridized carbons (Fsp3) is 0.632. The zero-order valence-electron chi connectivity index (χ0n) is 17.5. The van der Waals surface area contributed by atoms with E-state index in [2.05, 4.69) is 10.00 Å². The Kier molecular flexibility index (Phi) is 5.75. The molecule has 2 aliphatic heterocycles. The van der Waals surface area contributed by atoms with E-state index in [1.54, 1.807) is 10.4 Å². The molecule has 2 saturated heterocycles. The van der Waals surface area contributed by atoms with Crippen LogP contribution in [0.15, 0.2) is 16.3 Å². The van der Waals surface area contributed by atoms with E-state index >= 15 is 0 Å². The van der Waals surface area contributed by atoms with Gasteiger partial charge >= 0.3 is 0 Å². The molecule has 166 valence electrons. The number of anilines is 1. The van der Waals surface area contributed by atoms with Crippen molar-refractivity contribution in [3.8, 4) is 0 Å². The number of rotatable bonds is 5. The second-order valence-corrected chi connectivity index (χ2v) is 13.5. The molecule has 2 fully saturated rings. The SMILES string of the molecule is CCc1ccc(S(=O)(=O)N2CCN(c3c(C)nn(C4CCS(=O)(=O)C4)c3C)CC2)s1. The van der Waals surface area contributed by atoms with E-state index in [-0.39, 0.29) is 17.5 Å². The number of sulfonamides is 1. The minimum Gasteiger partial charge on any atom is -0.366 e. The Bertz CT molecular complexity index is 1140. The summed E-state index contributed by atoms with van der Waals surface area (Å²) >= 11 is 1.35. The number of aromatic nitrogens is 2. The van der Waals surface area contributed by atoms with Crippen molar-refractivity contribution in [2.45, 2.75) is 43.9 Å². The highest BCUT2D eigenvalue weighted by Gasteiger charge is 2.34. The van der Waals surface area contributed by atoms with Crippen molar-refractivity contribution >= 4 is 36.9 Å². The molecule has 2 aromatic rings. The Balaban J connectivity index is 1.49. The summed E-state index contributed by atoms with van der Waals surface area (Å²) in [4.78, 5) is 3.25. The number of hydrogen-bond donors (Lipinski definition) is 0. The molecule has 0 bridgehead atoms. The van der Waals surface area contributed by atoms with Crippen molar-refractivity contribution in [2.24, 2.45) is 0 Å². The molecule has 0 radical (unpaired) electrons. The summed E-state index contributed by atoms with van der Waals surface area (Å²) < 4.78 is 53.5. The van der Waals surface area contributed by atoms with E-state index in [9.17, 15) is 16.8 Å². The van der Waals surface area contributed by atoms with E-state index in [4.69, 9.17) is 0 Å². The molecule has 0 saturated carbocycles. The van der Waals surface area contributed by atoms with Crippen LogP contribution in [-0.4, -0.2) is 68.6 Å². The van der Waals surface area contributed by atoms with Gasteiger partial charge in [-0.3, -0.25) is 4.68 Å². The third kappa shape index (κ3) is 3.92. The van der Waals surface area contributed by atoms with E-state index in [0.29, 0.717) is 36.8 Å². The topological polar surface area (TPSA) is 92.6 Å². The Morgan fingerprint density at radius 1 is 1.17 bits per heavy atom. The summed E-state index contributed by atoms with van der Waals surface area (Å²) in [5, 5.41) is 4.64. The van der Waals surface area contributed by atoms with Gasteiger partial charge in [0.15, 0.2) is 9.84 Å². The molecule has 0 aromatic carbocycles. The van der Waals surface area contributed by atoms with Gasteiger partial charge in [0.05, 0.1) is 34.6 Å². The Morgan fingerprint density at radius 3 is 2.43 bits per heavy atom. The van der Waals surface area contributed by atoms with E-state index in [1.807, 2.05) is 31.5 Å². The Labute approximate surface area is 182 Å². The fourth-order valence-corrected chi connectivity index (χ4v) is 8.97. The second kappa shape index (κ2) is 7.92. The minimum absolute atomic E-state index is 0.115. The van der Waals surface area contributed by atoms with Crippen molar-refractivity contribution < 1.29 is 16.8 Å². The van der Waals surface area contributed by atoms with Gasteiger partial charge < -0.3 is 4.90 Å². The molecule has 11 heteroatoms. The molecule has 0 aliphatic carbocycles. The average molecular weight is 473 g/mol. The minimum atomic E-state index is -3.46. The molecule has 2 aliphatic rings. The molecule has 0 amide bonds. The monoisotopic (exact) mass is 472 g/mol. The number of nitrogens with zero attached hydrogens (tertiary/aromatic N) is 4. The summed E-state index contributed by atoms with van der Waals surface area (Å²) in [6.07, 6.45) is 1.43. The highest BCUT2D eigenvalue weighted by atomic mass is 32.2. The highest BCUT2D eigenvalue weighted by Crippen LogP contribution is 2.32. The van der Waals surface area contributed by atoms with Crippen molar-refractivity contribution in [1.82, 2.24) is 14.1 Å². The maximum Gasteiger partial charge on any atom is 0.252 e. The zero-order chi connectivity index (χ0) is 21.7. The van der Waals surface area contributed by atoms with Crippen LogP contribution in [0, 0.1) is 13.8 Å². The van der Waals surface area contributed by atoms with Crippen LogP contribution in [0.3, 0.4) is 0 Å². The second-order valence-electron chi connectivity index (χ2n) is 7.99. The first-order chi connectivity index (χ1) is 14.1. The van der Waals surface area contributed by atoms with Gasteiger partial charge in [-0.2, -0.15) is 9.40 Å². The van der Waals surface area contributed by atoms with Gasteiger partial charge in [-0.15, -0.1) is 11.3 Å². The third-order valence-corrected chi connectivity index (χ3v) is 11.3. The molecular weight excluding hydrogens is 444 g/mol. The number of hydrogen-bond acceptors (Lipinski definition) is 7. The van der Waals surface area contributed by atoms with Crippen LogP contribution in [-0.2, 0) is 26.3 Å². The number of sulfone groups is 1. The van der Waals surface area contributed by atoms with E-state index in [0.717, 1.165) is 28.4 Å². The molecule has 1 atom stereocenters. The molecule has 8 nitrogen and oxygen atoms in total. The molecule has 4 rings (SSSR count). The maximum absolute atomic E-state index is 13.0. The summed E-state index contributed by atoms with van der Waals surface area (Å²) in [5.74, 6) is 0.353. The van der Waals surface area contributed by atoms with Crippen molar-refractivity contribution in [2.75, 3.05) is 42.6 Å². The van der Waals surface area contributed by atoms with Crippen molar-refractivity contribution in [3.05, 3.63) is 28.4 Å². The largest absolute Gasteiger partial charge is 0.366 e. The van der Waals surface area contributed by atoms with E-state index in [1.165, 1.54) is 11.3 Å². The number of thiophene rings is 1. The first kappa shape index (κ1) is 21.8. The molecule has 0 N–H and O–H groups in total. The standard InChI is InChI=1S/C19H28N4O4S3/c1-4-17-5-6-18(28-17)30(26,27)22-10-8-21(9-11-22)19-14(2)20-23(15(19)3)16-7-12-29(24,25)13-16/h5-6,16H,4,7-13H2,1-3H3. The summed E-state index contributed by atoms with van der Waals surface area (Å²) in [6.45, 7) is 7.94. The first-order valence-electron chi connectivity index (χ1n) is 10.2. The normalized spacial score (nSPS) is 22.6. The van der Waals surface area contributed by atoms with Crippen LogP contribution in [0.25, 0.3) is 0 Å². The number of aryl methyl sites for hydroxylation is 2. The van der Waals surface area contributed by atoms with Crippen molar-refractivity contribution in [3.63, 3.8) is 0 Å². The summed E-state index contributed by atoms with van der Waals surface area (Å²) in [5.41, 5.74) is 2.82. The first-order valence-corrected chi connectivity index (χ1v) is 14.3. The van der Waals surface area contributed by atoms with Crippen LogP contribution in [0.4, 0.5) is 5.69 Å². The van der Waals surface area contributed by atoms with Crippen LogP contribution >= 0.6 is 11.3 Å². The smallest absolute Gasteiger partial charge is 0.252 e. The molecule has 0 spiro atoms. The molecule has 1 unspecified atom stereocenters. The van der Waals surface area contributed by atoms with Gasteiger partial charge in [0.25, 0.3) is 10.0 Å². The van der Waals surface area contributed by atoms with Gasteiger partial charge in [0.2, 0.25) is 0 Å². The third-order valence-electron chi connectivity index (χ3n) is 5.98. The lowest BCUT2D eigenvalue weighted by molar-refractivity contribution is 0.385. The lowest BCUT2D eigenvalue weighted by atomic mass is 10.2. The average Bonchev–Trinajstić information content (AvgIpc) is 3.39. The predicted octanol–water partition coefficient (Wildman–Crippen LogP) is 1.99. The quantitative estimate of drug-likeness (QED) is 0.661. The summed E-state index contributed by atoms with van der Waals surface area (Å²) in [6, 6.07) is 3.48. The van der Waals surface area contributed by atoms with Crippen LogP contribution in [0.2, 0.25) is 0 Å². The molecular formula is C19H28N4O4S3. The number of piperazine rings is 1. The van der Waals surface area contributed by atoms with Gasteiger partial charge in [-0.25, -0.2) is 16.8 Å². The van der Waals surface area contributed by atoms with Gasteiger partial charge in [0, 0.05) is 31.1 Å². The van der Waals surface area contributed by atoms with Crippen LogP contribution in [0.5, 0.6) is 0 Å². The Hall–Kier alpha value is -1.43. The van der Waals surface area contributed by atoms with Crippen LogP contribution in [0.1, 0.15) is 35.7 Å². The van der Waals surface area contributed by atoms with Gasteiger partial charge in [0.1, 0.15) is 4.21 Å². The zero-order valence-corrected chi connectivity index (χ0v) is 20.0. The van der Waals surface area contributed by atoms with Gasteiger partial charge in [-0.05, 0) is 38.8 Å². The lowest BCUT2D eigenvalue weighted by Gasteiger charge is -2.35. The van der Waals surface area contributed by atoms with Crippen molar-refractivity contribution in [1.29, 1.82) is 0 Å². The van der Waals surface area contributed by atoms with E-state index < -0.39 is 19.9 Å².